The maximum absolute atomic E-state index is 10.9. The number of hydrogen-bond acceptors (Lipinski definition) is 2. The van der Waals surface area contributed by atoms with E-state index in [1.165, 1.54) is 0 Å². The van der Waals surface area contributed by atoms with Gasteiger partial charge in [0.15, 0.2) is 0 Å². The van der Waals surface area contributed by atoms with Crippen LogP contribution in [0.25, 0.3) is 0 Å². The van der Waals surface area contributed by atoms with Gasteiger partial charge in [0.25, 0.3) is 0 Å². The third-order valence-corrected chi connectivity index (χ3v) is 1.56. The number of allylic oxidation sites excluding steroid dienone is 1. The van der Waals surface area contributed by atoms with Crippen LogP contribution in [0.5, 0.6) is 0 Å². The summed E-state index contributed by atoms with van der Waals surface area (Å²) in [5.41, 5.74) is 0. The van der Waals surface area contributed by atoms with Gasteiger partial charge in [0.05, 0.1) is 6.61 Å². The van der Waals surface area contributed by atoms with Gasteiger partial charge in [-0.1, -0.05) is 25.8 Å². The SMILES string of the molecule is C=CCCC(=O)OCCCCC. The lowest BCUT2D eigenvalue weighted by atomic mass is 10.3. The van der Waals surface area contributed by atoms with E-state index < -0.39 is 0 Å². The zero-order chi connectivity index (χ0) is 9.23. The van der Waals surface area contributed by atoms with Crippen LogP contribution in [0.1, 0.15) is 39.0 Å². The molecule has 2 heteroatoms. The Kier molecular flexibility index (Phi) is 7.76. The van der Waals surface area contributed by atoms with Gasteiger partial charge >= 0.3 is 5.97 Å². The van der Waals surface area contributed by atoms with Crippen LogP contribution in [0.2, 0.25) is 0 Å². The predicted octanol–water partition coefficient (Wildman–Crippen LogP) is 2.69. The summed E-state index contributed by atoms with van der Waals surface area (Å²) in [5.74, 6) is -0.106. The number of carbonyl (C=O) groups excluding carboxylic acids is 1. The molecule has 0 heterocycles. The molecule has 0 unspecified atom stereocenters. The lowest BCUT2D eigenvalue weighted by Gasteiger charge is -2.02. The van der Waals surface area contributed by atoms with Crippen molar-refractivity contribution in [1.29, 1.82) is 0 Å². The lowest BCUT2D eigenvalue weighted by Crippen LogP contribution is -2.04. The minimum absolute atomic E-state index is 0.106. The van der Waals surface area contributed by atoms with Gasteiger partial charge in [-0.05, 0) is 12.8 Å². The minimum Gasteiger partial charge on any atom is -0.466 e. The summed E-state index contributed by atoms with van der Waals surface area (Å²) in [7, 11) is 0. The van der Waals surface area contributed by atoms with Gasteiger partial charge in [0.1, 0.15) is 0 Å². The van der Waals surface area contributed by atoms with E-state index in [4.69, 9.17) is 4.74 Å². The number of unbranched alkanes of at least 4 members (excludes halogenated alkanes) is 2. The van der Waals surface area contributed by atoms with Crippen LogP contribution in [0, 0.1) is 0 Å². The number of esters is 1. The van der Waals surface area contributed by atoms with Crippen LogP contribution in [0.15, 0.2) is 12.7 Å². The van der Waals surface area contributed by atoms with Crippen molar-refractivity contribution in [1.82, 2.24) is 0 Å². The molecule has 0 aromatic heterocycles. The van der Waals surface area contributed by atoms with Crippen LogP contribution in [-0.2, 0) is 9.53 Å². The normalized spacial score (nSPS) is 9.42. The van der Waals surface area contributed by atoms with E-state index in [0.717, 1.165) is 19.3 Å². The van der Waals surface area contributed by atoms with Crippen LogP contribution in [0.3, 0.4) is 0 Å². The topological polar surface area (TPSA) is 26.3 Å². The monoisotopic (exact) mass is 170 g/mol. The summed E-state index contributed by atoms with van der Waals surface area (Å²) in [6.45, 7) is 6.23. The second-order valence-corrected chi connectivity index (χ2v) is 2.75. The zero-order valence-corrected chi connectivity index (χ0v) is 7.84. The number of carbonyl (C=O) groups is 1. The standard InChI is InChI=1S/C10H18O2/c1-3-5-7-9-12-10(11)8-6-4-2/h4H,2-3,5-9H2,1H3. The highest BCUT2D eigenvalue weighted by Gasteiger charge is 1.99. The molecule has 70 valence electrons. The molecule has 0 saturated carbocycles. The molecule has 0 aromatic carbocycles. The maximum atomic E-state index is 10.9. The molecule has 0 spiro atoms. The highest BCUT2D eigenvalue weighted by molar-refractivity contribution is 5.69. The first-order valence-corrected chi connectivity index (χ1v) is 4.57. The minimum atomic E-state index is -0.106. The maximum Gasteiger partial charge on any atom is 0.306 e. The third-order valence-electron chi connectivity index (χ3n) is 1.56. The third kappa shape index (κ3) is 7.32. The molecule has 0 aliphatic rings. The van der Waals surface area contributed by atoms with Gasteiger partial charge in [0.2, 0.25) is 0 Å². The van der Waals surface area contributed by atoms with E-state index in [1.807, 2.05) is 0 Å². The summed E-state index contributed by atoms with van der Waals surface area (Å²) >= 11 is 0. The van der Waals surface area contributed by atoms with Crippen molar-refractivity contribution < 1.29 is 9.53 Å². The fourth-order valence-electron chi connectivity index (χ4n) is 0.830. The Morgan fingerprint density at radius 2 is 2.25 bits per heavy atom. The molecule has 0 amide bonds. The van der Waals surface area contributed by atoms with Crippen molar-refractivity contribution in [2.45, 2.75) is 39.0 Å². The molecule has 0 saturated heterocycles. The van der Waals surface area contributed by atoms with Crippen molar-refractivity contribution in [2.75, 3.05) is 6.61 Å². The van der Waals surface area contributed by atoms with Crippen molar-refractivity contribution in [3.63, 3.8) is 0 Å². The average Bonchev–Trinajstić information content (AvgIpc) is 2.09. The Balaban J connectivity index is 3.13. The Hall–Kier alpha value is -0.790. The largest absolute Gasteiger partial charge is 0.466 e. The molecule has 0 fully saturated rings. The van der Waals surface area contributed by atoms with Crippen LogP contribution in [0.4, 0.5) is 0 Å². The Labute approximate surface area is 74.6 Å². The Morgan fingerprint density at radius 1 is 1.50 bits per heavy atom. The van der Waals surface area contributed by atoms with Crippen molar-refractivity contribution in [2.24, 2.45) is 0 Å². The molecule has 2 nitrogen and oxygen atoms in total. The summed E-state index contributed by atoms with van der Waals surface area (Å²) < 4.78 is 4.96. The van der Waals surface area contributed by atoms with Gasteiger partial charge in [-0.3, -0.25) is 4.79 Å². The second-order valence-electron chi connectivity index (χ2n) is 2.75. The molecule has 0 radical (unpaired) electrons. The van der Waals surface area contributed by atoms with E-state index in [2.05, 4.69) is 13.5 Å². The van der Waals surface area contributed by atoms with Crippen molar-refractivity contribution in [3.05, 3.63) is 12.7 Å². The molecule has 0 atom stereocenters. The summed E-state index contributed by atoms with van der Waals surface area (Å²) in [6, 6.07) is 0. The molecule has 0 aliphatic heterocycles. The first-order chi connectivity index (χ1) is 5.81. The van der Waals surface area contributed by atoms with E-state index in [9.17, 15) is 4.79 Å². The highest BCUT2D eigenvalue weighted by Crippen LogP contribution is 1.97. The number of ether oxygens (including phenoxy) is 1. The van der Waals surface area contributed by atoms with Gasteiger partial charge < -0.3 is 4.74 Å². The highest BCUT2D eigenvalue weighted by atomic mass is 16.5. The van der Waals surface area contributed by atoms with Gasteiger partial charge in [0, 0.05) is 6.42 Å². The second kappa shape index (κ2) is 8.31. The van der Waals surface area contributed by atoms with Crippen LogP contribution < -0.4 is 0 Å². The van der Waals surface area contributed by atoms with Gasteiger partial charge in [-0.25, -0.2) is 0 Å². The summed E-state index contributed by atoms with van der Waals surface area (Å²) in [4.78, 5) is 10.9. The first-order valence-electron chi connectivity index (χ1n) is 4.57. The molecule has 12 heavy (non-hydrogen) atoms. The van der Waals surface area contributed by atoms with Crippen molar-refractivity contribution in [3.8, 4) is 0 Å². The van der Waals surface area contributed by atoms with E-state index >= 15 is 0 Å². The Morgan fingerprint density at radius 3 is 2.83 bits per heavy atom. The van der Waals surface area contributed by atoms with E-state index in [-0.39, 0.29) is 5.97 Å². The molecule has 0 N–H and O–H groups in total. The predicted molar refractivity (Wildman–Crippen MR) is 49.9 cm³/mol. The quantitative estimate of drug-likeness (QED) is 0.333. The van der Waals surface area contributed by atoms with Crippen LogP contribution >= 0.6 is 0 Å². The van der Waals surface area contributed by atoms with Gasteiger partial charge in [-0.15, -0.1) is 6.58 Å². The molecular weight excluding hydrogens is 152 g/mol. The molecule has 0 bridgehead atoms. The van der Waals surface area contributed by atoms with Gasteiger partial charge in [-0.2, -0.15) is 0 Å². The number of rotatable bonds is 7. The first kappa shape index (κ1) is 11.2. The lowest BCUT2D eigenvalue weighted by molar-refractivity contribution is -0.143. The van der Waals surface area contributed by atoms with Crippen molar-refractivity contribution >= 4 is 5.97 Å². The zero-order valence-electron chi connectivity index (χ0n) is 7.84. The molecule has 0 aromatic rings. The van der Waals surface area contributed by atoms with E-state index in [0.29, 0.717) is 19.4 Å². The average molecular weight is 170 g/mol. The molecular formula is C10H18O2. The fraction of sp³-hybridized carbons (Fsp3) is 0.700. The molecule has 0 rings (SSSR count). The Bertz CT molecular complexity index is 130. The number of hydrogen-bond donors (Lipinski definition) is 0. The van der Waals surface area contributed by atoms with E-state index in [1.54, 1.807) is 6.08 Å². The summed E-state index contributed by atoms with van der Waals surface area (Å²) in [5, 5.41) is 0. The van der Waals surface area contributed by atoms with Crippen LogP contribution in [-0.4, -0.2) is 12.6 Å². The smallest absolute Gasteiger partial charge is 0.306 e. The summed E-state index contributed by atoms with van der Waals surface area (Å²) in [6.07, 6.45) is 6.19. The fourth-order valence-corrected chi connectivity index (χ4v) is 0.830. The molecule has 0 aliphatic carbocycles.